The molecule has 0 aliphatic carbocycles. The molecule has 1 heterocycles. The third-order valence-electron chi connectivity index (χ3n) is 5.21. The Bertz CT molecular complexity index is 884. The molecule has 0 spiro atoms. The van der Waals surface area contributed by atoms with Gasteiger partial charge in [-0.2, -0.15) is 0 Å². The number of aryl methyl sites for hydroxylation is 1. The molecule has 0 radical (unpaired) electrons. The van der Waals surface area contributed by atoms with Crippen LogP contribution >= 0.6 is 12.2 Å². The van der Waals surface area contributed by atoms with E-state index in [2.05, 4.69) is 53.3 Å². The first kappa shape index (κ1) is 21.1. The summed E-state index contributed by atoms with van der Waals surface area (Å²) in [6.07, 6.45) is 2.91. The van der Waals surface area contributed by atoms with Crippen molar-refractivity contribution >= 4 is 23.0 Å². The molecule has 0 amide bonds. The van der Waals surface area contributed by atoms with Crippen molar-refractivity contribution in [1.29, 1.82) is 0 Å². The van der Waals surface area contributed by atoms with Crippen molar-refractivity contribution in [3.8, 4) is 11.5 Å². The predicted molar refractivity (Wildman–Crippen MR) is 123 cm³/mol. The number of nitrogens with zero attached hydrogens (tertiary/aromatic N) is 1. The summed E-state index contributed by atoms with van der Waals surface area (Å²) >= 11 is 5.53. The molecular weight excluding hydrogens is 382 g/mol. The van der Waals surface area contributed by atoms with Crippen LogP contribution in [0.1, 0.15) is 22.7 Å². The van der Waals surface area contributed by atoms with E-state index in [4.69, 9.17) is 21.7 Å². The maximum absolute atomic E-state index is 5.54. The second-order valence-corrected chi connectivity index (χ2v) is 7.57. The van der Waals surface area contributed by atoms with E-state index in [1.165, 1.54) is 16.7 Å². The second kappa shape index (κ2) is 9.76. The van der Waals surface area contributed by atoms with Gasteiger partial charge in [0.2, 0.25) is 0 Å². The normalized spacial score (nSPS) is 15.9. The van der Waals surface area contributed by atoms with Crippen LogP contribution in [0, 0.1) is 6.92 Å². The lowest BCUT2D eigenvalue weighted by molar-refractivity contribution is 0.205. The summed E-state index contributed by atoms with van der Waals surface area (Å²) in [6.45, 7) is 8.45. The lowest BCUT2D eigenvalue weighted by atomic mass is 9.91. The van der Waals surface area contributed by atoms with Crippen molar-refractivity contribution in [2.24, 2.45) is 0 Å². The van der Waals surface area contributed by atoms with Gasteiger partial charge in [0.15, 0.2) is 16.6 Å². The Balaban J connectivity index is 1.78. The van der Waals surface area contributed by atoms with Crippen molar-refractivity contribution in [1.82, 2.24) is 10.2 Å². The van der Waals surface area contributed by atoms with Gasteiger partial charge in [0.1, 0.15) is 0 Å². The fourth-order valence-corrected chi connectivity index (χ4v) is 3.99. The van der Waals surface area contributed by atoms with Gasteiger partial charge in [0.25, 0.3) is 0 Å². The average molecular weight is 412 g/mol. The largest absolute Gasteiger partial charge is 0.493 e. The minimum atomic E-state index is 0.161. The summed E-state index contributed by atoms with van der Waals surface area (Å²) in [5.41, 5.74) is 4.70. The van der Waals surface area contributed by atoms with E-state index in [1.54, 1.807) is 14.2 Å². The average Bonchev–Trinajstić information content (AvgIpc) is 2.72. The Kier molecular flexibility index (Phi) is 7.12. The maximum atomic E-state index is 5.54. The molecule has 1 atom stereocenters. The Labute approximate surface area is 178 Å². The quantitative estimate of drug-likeness (QED) is 0.529. The molecule has 0 saturated carbocycles. The third kappa shape index (κ3) is 5.08. The number of fused-ring (bicyclic) bond motifs is 1. The van der Waals surface area contributed by atoms with E-state index < -0.39 is 0 Å². The highest BCUT2D eigenvalue weighted by molar-refractivity contribution is 7.80. The smallest absolute Gasteiger partial charge is 0.170 e. The topological polar surface area (TPSA) is 45.8 Å². The van der Waals surface area contributed by atoms with E-state index in [-0.39, 0.29) is 6.04 Å². The maximum Gasteiger partial charge on any atom is 0.170 e. The Hall–Kier alpha value is -2.57. The number of methoxy groups -OCH3 is 2. The molecule has 3 rings (SSSR count). The molecule has 1 aliphatic rings. The highest BCUT2D eigenvalue weighted by Crippen LogP contribution is 2.37. The fraction of sp³-hybridized carbons (Fsp3) is 0.348. The summed E-state index contributed by atoms with van der Waals surface area (Å²) in [5.74, 6) is 1.52. The first-order chi connectivity index (χ1) is 14.0. The molecule has 29 heavy (non-hydrogen) atoms. The minimum absolute atomic E-state index is 0.161. The number of hydrogen-bond acceptors (Lipinski definition) is 4. The van der Waals surface area contributed by atoms with Gasteiger partial charge in [-0.05, 0) is 66.5 Å². The summed E-state index contributed by atoms with van der Waals surface area (Å²) < 4.78 is 11.0. The highest BCUT2D eigenvalue weighted by Gasteiger charge is 2.28. The third-order valence-corrected chi connectivity index (χ3v) is 5.46. The Morgan fingerprint density at radius 1 is 1.24 bits per heavy atom. The Morgan fingerprint density at radius 2 is 2.00 bits per heavy atom. The zero-order chi connectivity index (χ0) is 20.8. The monoisotopic (exact) mass is 411 g/mol. The SMILES string of the molecule is C=CCN1CCc2cc(OC)c(OC)cc2C1CNC(=S)Nc1cccc(C)c1. The fourth-order valence-electron chi connectivity index (χ4n) is 3.79. The molecule has 6 heteroatoms. The number of thiocarbonyl (C=S) groups is 1. The summed E-state index contributed by atoms with van der Waals surface area (Å²) in [6, 6.07) is 12.5. The molecule has 154 valence electrons. The molecule has 2 N–H and O–H groups in total. The zero-order valence-electron chi connectivity index (χ0n) is 17.3. The van der Waals surface area contributed by atoms with Crippen molar-refractivity contribution < 1.29 is 9.47 Å². The van der Waals surface area contributed by atoms with Gasteiger partial charge in [0.05, 0.1) is 20.3 Å². The van der Waals surface area contributed by atoms with Gasteiger partial charge in [-0.3, -0.25) is 4.90 Å². The number of ether oxygens (including phenoxy) is 2. The van der Waals surface area contributed by atoms with Crippen molar-refractivity contribution in [3.05, 3.63) is 65.7 Å². The molecule has 1 aliphatic heterocycles. The number of rotatable bonds is 7. The molecular formula is C23H29N3O2S. The van der Waals surface area contributed by atoms with Gasteiger partial charge >= 0.3 is 0 Å². The van der Waals surface area contributed by atoms with Crippen LogP contribution in [0.4, 0.5) is 5.69 Å². The standard InChI is InChI=1S/C23H29N3O2S/c1-5-10-26-11-9-17-13-21(27-3)22(28-4)14-19(17)20(26)15-24-23(29)25-18-8-6-7-16(2)12-18/h5-8,12-14,20H,1,9-11,15H2,2-4H3,(H2,24,25,29). The van der Waals surface area contributed by atoms with E-state index in [0.29, 0.717) is 11.7 Å². The lowest BCUT2D eigenvalue weighted by Gasteiger charge is -2.37. The predicted octanol–water partition coefficient (Wildman–Crippen LogP) is 4.08. The first-order valence-electron chi connectivity index (χ1n) is 9.77. The minimum Gasteiger partial charge on any atom is -0.493 e. The lowest BCUT2D eigenvalue weighted by Crippen LogP contribution is -2.43. The van der Waals surface area contributed by atoms with Gasteiger partial charge in [0, 0.05) is 25.3 Å². The van der Waals surface area contributed by atoms with Gasteiger partial charge in [-0.15, -0.1) is 6.58 Å². The van der Waals surface area contributed by atoms with Gasteiger partial charge in [-0.25, -0.2) is 0 Å². The highest BCUT2D eigenvalue weighted by atomic mass is 32.1. The van der Waals surface area contributed by atoms with Crippen molar-refractivity contribution in [2.75, 3.05) is 39.2 Å². The van der Waals surface area contributed by atoms with Crippen LogP contribution in [0.25, 0.3) is 0 Å². The van der Waals surface area contributed by atoms with Crippen LogP contribution in [0.5, 0.6) is 11.5 Å². The second-order valence-electron chi connectivity index (χ2n) is 7.16. The summed E-state index contributed by atoms with van der Waals surface area (Å²) in [7, 11) is 3.34. The van der Waals surface area contributed by atoms with Crippen LogP contribution in [0.15, 0.2) is 49.1 Å². The van der Waals surface area contributed by atoms with E-state index in [1.807, 2.05) is 18.2 Å². The van der Waals surface area contributed by atoms with E-state index >= 15 is 0 Å². The van der Waals surface area contributed by atoms with Crippen LogP contribution in [-0.2, 0) is 6.42 Å². The van der Waals surface area contributed by atoms with Crippen LogP contribution in [0.2, 0.25) is 0 Å². The molecule has 2 aromatic rings. The molecule has 0 fully saturated rings. The van der Waals surface area contributed by atoms with Crippen molar-refractivity contribution in [3.63, 3.8) is 0 Å². The molecule has 1 unspecified atom stereocenters. The van der Waals surface area contributed by atoms with Crippen LogP contribution < -0.4 is 20.1 Å². The van der Waals surface area contributed by atoms with Gasteiger partial charge < -0.3 is 20.1 Å². The summed E-state index contributed by atoms with van der Waals surface area (Å²) in [5, 5.41) is 7.27. The Morgan fingerprint density at radius 3 is 2.69 bits per heavy atom. The van der Waals surface area contributed by atoms with Gasteiger partial charge in [-0.1, -0.05) is 18.2 Å². The molecule has 0 saturated heterocycles. The number of hydrogen-bond donors (Lipinski definition) is 2. The number of nitrogens with one attached hydrogen (secondary N) is 2. The number of anilines is 1. The van der Waals surface area contributed by atoms with E-state index in [0.717, 1.165) is 36.7 Å². The van der Waals surface area contributed by atoms with Crippen LogP contribution in [0.3, 0.4) is 0 Å². The molecule has 0 bridgehead atoms. The van der Waals surface area contributed by atoms with Crippen molar-refractivity contribution in [2.45, 2.75) is 19.4 Å². The number of benzene rings is 2. The zero-order valence-corrected chi connectivity index (χ0v) is 18.1. The molecule has 2 aromatic carbocycles. The molecule has 5 nitrogen and oxygen atoms in total. The summed E-state index contributed by atoms with van der Waals surface area (Å²) in [4.78, 5) is 2.41. The van der Waals surface area contributed by atoms with Crippen LogP contribution in [-0.4, -0.2) is 43.9 Å². The first-order valence-corrected chi connectivity index (χ1v) is 10.2. The van der Waals surface area contributed by atoms with E-state index in [9.17, 15) is 0 Å². The molecule has 0 aromatic heterocycles.